The van der Waals surface area contributed by atoms with Crippen molar-refractivity contribution < 1.29 is 27.5 Å². The Morgan fingerprint density at radius 2 is 1.96 bits per heavy atom. The van der Waals surface area contributed by atoms with Crippen LogP contribution >= 0.6 is 0 Å². The van der Waals surface area contributed by atoms with Crippen molar-refractivity contribution in [2.45, 2.75) is 12.6 Å². The van der Waals surface area contributed by atoms with Gasteiger partial charge in [0.2, 0.25) is 11.8 Å². The van der Waals surface area contributed by atoms with E-state index in [2.05, 4.69) is 0 Å². The first-order valence-electron chi connectivity index (χ1n) is 6.97. The fraction of sp³-hybridized carbons (Fsp3) is 0.467. The number of carbonyl (C=O) groups excluding carboxylic acids is 2. The predicted molar refractivity (Wildman–Crippen MR) is 77.1 cm³/mol. The predicted octanol–water partition coefficient (Wildman–Crippen LogP) is 2.07. The molecule has 0 radical (unpaired) electrons. The highest BCUT2D eigenvalue weighted by Gasteiger charge is 2.39. The quantitative estimate of drug-likeness (QED) is 0.849. The Hall–Kier alpha value is -2.25. The summed E-state index contributed by atoms with van der Waals surface area (Å²) in [6.07, 6.45) is -4.55. The molecule has 8 heteroatoms. The summed E-state index contributed by atoms with van der Waals surface area (Å²) in [6.45, 7) is -1.24. The van der Waals surface area contributed by atoms with Crippen molar-refractivity contribution in [1.82, 2.24) is 4.90 Å². The van der Waals surface area contributed by atoms with Crippen molar-refractivity contribution in [3.63, 3.8) is 0 Å². The van der Waals surface area contributed by atoms with E-state index in [1.807, 2.05) is 0 Å². The lowest BCUT2D eigenvalue weighted by molar-refractivity contribution is -0.160. The summed E-state index contributed by atoms with van der Waals surface area (Å²) in [7, 11) is 2.61. The standard InChI is InChI=1S/C15H17F3N2O3/c1-19(9-15(16,17)18)14(22)10-7-13(21)20(8-10)11-3-5-12(23-2)6-4-11/h3-6,10H,7-9H2,1-2H3. The van der Waals surface area contributed by atoms with Gasteiger partial charge in [0.15, 0.2) is 0 Å². The Morgan fingerprint density at radius 3 is 2.48 bits per heavy atom. The van der Waals surface area contributed by atoms with Gasteiger partial charge >= 0.3 is 6.18 Å². The summed E-state index contributed by atoms with van der Waals surface area (Å²) in [6, 6.07) is 6.69. The minimum absolute atomic E-state index is 0.0756. The van der Waals surface area contributed by atoms with Gasteiger partial charge in [-0.05, 0) is 24.3 Å². The number of anilines is 1. The number of ether oxygens (including phenoxy) is 1. The zero-order chi connectivity index (χ0) is 17.2. The summed E-state index contributed by atoms with van der Waals surface area (Å²) >= 11 is 0. The maximum absolute atomic E-state index is 12.4. The van der Waals surface area contributed by atoms with Gasteiger partial charge < -0.3 is 14.5 Å². The Bertz CT molecular complexity index is 587. The summed E-state index contributed by atoms with van der Waals surface area (Å²) in [5, 5.41) is 0. The van der Waals surface area contributed by atoms with E-state index in [9.17, 15) is 22.8 Å². The lowest BCUT2D eigenvalue weighted by atomic mass is 10.1. The maximum Gasteiger partial charge on any atom is 0.406 e. The van der Waals surface area contributed by atoms with Crippen LogP contribution in [0.3, 0.4) is 0 Å². The molecule has 0 saturated carbocycles. The number of methoxy groups -OCH3 is 1. The first-order chi connectivity index (χ1) is 10.7. The largest absolute Gasteiger partial charge is 0.497 e. The van der Waals surface area contributed by atoms with E-state index in [0.29, 0.717) is 16.3 Å². The van der Waals surface area contributed by atoms with Crippen LogP contribution in [0.25, 0.3) is 0 Å². The monoisotopic (exact) mass is 330 g/mol. The van der Waals surface area contributed by atoms with Gasteiger partial charge in [-0.3, -0.25) is 9.59 Å². The highest BCUT2D eigenvalue weighted by Crippen LogP contribution is 2.28. The molecule has 1 saturated heterocycles. The summed E-state index contributed by atoms with van der Waals surface area (Å²) in [5.41, 5.74) is 0.588. The molecular weight excluding hydrogens is 313 g/mol. The molecule has 23 heavy (non-hydrogen) atoms. The minimum Gasteiger partial charge on any atom is -0.497 e. The van der Waals surface area contributed by atoms with Gasteiger partial charge in [0.05, 0.1) is 13.0 Å². The molecule has 126 valence electrons. The van der Waals surface area contributed by atoms with Crippen molar-refractivity contribution in [2.75, 3.05) is 32.1 Å². The van der Waals surface area contributed by atoms with Gasteiger partial charge in [-0.25, -0.2) is 0 Å². The molecule has 1 atom stereocenters. The van der Waals surface area contributed by atoms with Gasteiger partial charge in [-0.15, -0.1) is 0 Å². The number of carbonyl (C=O) groups is 2. The van der Waals surface area contributed by atoms with Gasteiger partial charge in [0, 0.05) is 25.7 Å². The van der Waals surface area contributed by atoms with Crippen molar-refractivity contribution in [1.29, 1.82) is 0 Å². The van der Waals surface area contributed by atoms with Crippen LogP contribution in [-0.4, -0.2) is 50.1 Å². The molecule has 0 aromatic heterocycles. The zero-order valence-electron chi connectivity index (χ0n) is 12.8. The lowest BCUT2D eigenvalue weighted by Gasteiger charge is -2.22. The fourth-order valence-corrected chi connectivity index (χ4v) is 2.54. The van der Waals surface area contributed by atoms with Crippen LogP contribution in [-0.2, 0) is 9.59 Å². The SMILES string of the molecule is COc1ccc(N2CC(C(=O)N(C)CC(F)(F)F)CC2=O)cc1. The highest BCUT2D eigenvalue weighted by atomic mass is 19.4. The highest BCUT2D eigenvalue weighted by molar-refractivity contribution is 6.00. The first-order valence-corrected chi connectivity index (χ1v) is 6.97. The molecule has 2 amide bonds. The number of nitrogens with zero attached hydrogens (tertiary/aromatic N) is 2. The summed E-state index contributed by atoms with van der Waals surface area (Å²) in [4.78, 5) is 26.2. The summed E-state index contributed by atoms with van der Waals surface area (Å²) < 4.78 is 42.1. The average molecular weight is 330 g/mol. The first kappa shape index (κ1) is 17.1. The van der Waals surface area contributed by atoms with E-state index in [-0.39, 0.29) is 18.9 Å². The molecule has 1 heterocycles. The van der Waals surface area contributed by atoms with E-state index < -0.39 is 24.5 Å². The Labute approximate surface area is 131 Å². The van der Waals surface area contributed by atoms with Gasteiger partial charge in [-0.2, -0.15) is 13.2 Å². The number of hydrogen-bond acceptors (Lipinski definition) is 3. The molecule has 0 N–H and O–H groups in total. The second-order valence-electron chi connectivity index (χ2n) is 5.41. The molecule has 1 aromatic carbocycles. The third kappa shape index (κ3) is 4.14. The van der Waals surface area contributed by atoms with E-state index in [1.54, 1.807) is 24.3 Å². The Balaban J connectivity index is 2.05. The van der Waals surface area contributed by atoms with Crippen LogP contribution in [0.4, 0.5) is 18.9 Å². The molecule has 0 aliphatic carbocycles. The second kappa shape index (κ2) is 6.47. The lowest BCUT2D eigenvalue weighted by Crippen LogP contribution is -2.40. The van der Waals surface area contributed by atoms with Crippen LogP contribution in [0.1, 0.15) is 6.42 Å². The average Bonchev–Trinajstić information content (AvgIpc) is 2.86. The van der Waals surface area contributed by atoms with Crippen LogP contribution in [0.15, 0.2) is 24.3 Å². The molecule has 1 fully saturated rings. The smallest absolute Gasteiger partial charge is 0.406 e. The fourth-order valence-electron chi connectivity index (χ4n) is 2.54. The molecule has 5 nitrogen and oxygen atoms in total. The van der Waals surface area contributed by atoms with E-state index >= 15 is 0 Å². The van der Waals surface area contributed by atoms with Crippen LogP contribution in [0.5, 0.6) is 5.75 Å². The topological polar surface area (TPSA) is 49.9 Å². The van der Waals surface area contributed by atoms with Crippen LogP contribution in [0.2, 0.25) is 0 Å². The minimum atomic E-state index is -4.46. The Morgan fingerprint density at radius 1 is 1.35 bits per heavy atom. The maximum atomic E-state index is 12.4. The van der Waals surface area contributed by atoms with E-state index in [4.69, 9.17) is 4.74 Å². The van der Waals surface area contributed by atoms with Crippen molar-refractivity contribution in [3.8, 4) is 5.75 Å². The third-order valence-electron chi connectivity index (χ3n) is 3.65. The number of amides is 2. The van der Waals surface area contributed by atoms with Gasteiger partial charge in [-0.1, -0.05) is 0 Å². The van der Waals surface area contributed by atoms with Crippen LogP contribution in [0, 0.1) is 5.92 Å². The number of alkyl halides is 3. The molecule has 1 aliphatic rings. The number of hydrogen-bond donors (Lipinski definition) is 0. The van der Waals surface area contributed by atoms with Crippen molar-refractivity contribution in [3.05, 3.63) is 24.3 Å². The van der Waals surface area contributed by atoms with E-state index in [0.717, 1.165) is 7.05 Å². The van der Waals surface area contributed by atoms with Gasteiger partial charge in [0.25, 0.3) is 0 Å². The number of rotatable bonds is 4. The molecule has 0 bridgehead atoms. The molecule has 0 spiro atoms. The summed E-state index contributed by atoms with van der Waals surface area (Å²) in [5.74, 6) is -1.10. The molecule has 1 aromatic rings. The second-order valence-corrected chi connectivity index (χ2v) is 5.41. The normalized spacial score (nSPS) is 18.2. The molecule has 1 unspecified atom stereocenters. The number of benzene rings is 1. The van der Waals surface area contributed by atoms with Crippen molar-refractivity contribution in [2.24, 2.45) is 5.92 Å². The van der Waals surface area contributed by atoms with Gasteiger partial charge in [0.1, 0.15) is 12.3 Å². The third-order valence-corrected chi connectivity index (χ3v) is 3.65. The van der Waals surface area contributed by atoms with Crippen LogP contribution < -0.4 is 9.64 Å². The molecule has 1 aliphatic heterocycles. The van der Waals surface area contributed by atoms with Crippen molar-refractivity contribution >= 4 is 17.5 Å². The molecular formula is C15H17F3N2O3. The van der Waals surface area contributed by atoms with E-state index in [1.165, 1.54) is 12.0 Å². The molecule has 2 rings (SSSR count). The Kier molecular flexibility index (Phi) is 4.82. The zero-order valence-corrected chi connectivity index (χ0v) is 12.8. The number of halogens is 3.